The van der Waals surface area contributed by atoms with Crippen molar-refractivity contribution in [2.75, 3.05) is 12.4 Å². The summed E-state index contributed by atoms with van der Waals surface area (Å²) < 4.78 is 12.9. The minimum atomic E-state index is -0.508. The van der Waals surface area contributed by atoms with Crippen LogP contribution in [0.15, 0.2) is 36.5 Å². The van der Waals surface area contributed by atoms with E-state index in [-0.39, 0.29) is 24.1 Å². The molecule has 0 spiro atoms. The maximum atomic E-state index is 12.7. The van der Waals surface area contributed by atoms with Crippen LogP contribution in [0.2, 0.25) is 0 Å². The first-order chi connectivity index (χ1) is 16.6. The van der Waals surface area contributed by atoms with E-state index in [1.165, 1.54) is 0 Å². The van der Waals surface area contributed by atoms with Gasteiger partial charge in [0.2, 0.25) is 0 Å². The number of nitrogens with zero attached hydrogens (tertiary/aromatic N) is 3. The van der Waals surface area contributed by atoms with Crippen LogP contribution < -0.4 is 15.4 Å². The first-order valence-corrected chi connectivity index (χ1v) is 11.9. The maximum absolute atomic E-state index is 12.7. The lowest BCUT2D eigenvalue weighted by molar-refractivity contribution is 0.0487. The summed E-state index contributed by atoms with van der Waals surface area (Å²) in [4.78, 5) is 29.1. The third-order valence-electron chi connectivity index (χ3n) is 6.00. The number of pyridine rings is 1. The predicted octanol–water partition coefficient (Wildman–Crippen LogP) is 5.01. The Morgan fingerprint density at radius 1 is 1.11 bits per heavy atom. The second-order valence-corrected chi connectivity index (χ2v) is 9.99. The normalized spacial score (nSPS) is 18.2. The molecule has 2 heterocycles. The Labute approximate surface area is 205 Å². The Morgan fingerprint density at radius 2 is 1.86 bits per heavy atom. The molecule has 1 aliphatic rings. The van der Waals surface area contributed by atoms with Gasteiger partial charge in [-0.1, -0.05) is 6.07 Å². The van der Waals surface area contributed by atoms with Crippen LogP contribution >= 0.6 is 0 Å². The zero-order valence-corrected chi connectivity index (χ0v) is 20.9. The van der Waals surface area contributed by atoms with E-state index in [9.17, 15) is 9.59 Å². The van der Waals surface area contributed by atoms with Crippen molar-refractivity contribution in [1.29, 1.82) is 0 Å². The number of nitrogens with one attached hydrogen (secondary N) is 2. The van der Waals surface area contributed by atoms with Gasteiger partial charge in [-0.05, 0) is 71.6 Å². The molecule has 2 aromatic heterocycles. The van der Waals surface area contributed by atoms with Crippen LogP contribution in [0.1, 0.15) is 68.7 Å². The van der Waals surface area contributed by atoms with Gasteiger partial charge in [0, 0.05) is 29.4 Å². The number of amides is 2. The van der Waals surface area contributed by atoms with Crippen LogP contribution in [0.25, 0.3) is 10.9 Å². The fourth-order valence-corrected chi connectivity index (χ4v) is 4.34. The van der Waals surface area contributed by atoms with Crippen molar-refractivity contribution in [3.05, 3.63) is 47.9 Å². The molecule has 3 aromatic rings. The number of benzene rings is 1. The second kappa shape index (κ2) is 9.93. The Balaban J connectivity index is 1.44. The fourth-order valence-electron chi connectivity index (χ4n) is 4.34. The van der Waals surface area contributed by atoms with E-state index in [0.717, 1.165) is 42.3 Å². The molecular formula is C26H33N5O4. The molecule has 0 saturated heterocycles. The number of carbonyl (C=O) groups excluding carboxylic acids is 2. The van der Waals surface area contributed by atoms with Crippen LogP contribution in [-0.4, -0.2) is 45.5 Å². The van der Waals surface area contributed by atoms with Gasteiger partial charge in [-0.3, -0.25) is 9.48 Å². The zero-order chi connectivity index (χ0) is 25.2. The molecule has 0 unspecified atom stereocenters. The molecule has 0 atom stereocenters. The summed E-state index contributed by atoms with van der Waals surface area (Å²) >= 11 is 0. The van der Waals surface area contributed by atoms with Crippen LogP contribution in [0.4, 0.5) is 10.5 Å². The third kappa shape index (κ3) is 6.09. The molecule has 1 aromatic carbocycles. The van der Waals surface area contributed by atoms with Gasteiger partial charge in [-0.15, -0.1) is 0 Å². The van der Waals surface area contributed by atoms with Gasteiger partial charge in [0.15, 0.2) is 0 Å². The number of ether oxygens (including phenoxy) is 2. The fraction of sp³-hybridized carbons (Fsp3) is 0.462. The molecule has 1 aliphatic carbocycles. The highest BCUT2D eigenvalue weighted by atomic mass is 16.6. The molecule has 9 nitrogen and oxygen atoms in total. The lowest BCUT2D eigenvalue weighted by atomic mass is 9.91. The zero-order valence-electron chi connectivity index (χ0n) is 20.9. The van der Waals surface area contributed by atoms with E-state index in [4.69, 9.17) is 14.6 Å². The Hall–Kier alpha value is -3.62. The summed E-state index contributed by atoms with van der Waals surface area (Å²) in [5, 5.41) is 11.6. The van der Waals surface area contributed by atoms with E-state index in [1.807, 2.05) is 56.8 Å². The van der Waals surface area contributed by atoms with Gasteiger partial charge >= 0.3 is 6.09 Å². The average Bonchev–Trinajstić information content (AvgIpc) is 3.20. The van der Waals surface area contributed by atoms with E-state index in [0.29, 0.717) is 17.1 Å². The van der Waals surface area contributed by atoms with Crippen molar-refractivity contribution in [3.8, 4) is 5.75 Å². The highest BCUT2D eigenvalue weighted by molar-refractivity contribution is 6.05. The Bertz CT molecular complexity index is 1220. The second-order valence-electron chi connectivity index (χ2n) is 9.99. The number of anilines is 1. The first-order valence-electron chi connectivity index (χ1n) is 11.9. The van der Waals surface area contributed by atoms with Crippen LogP contribution in [0.3, 0.4) is 0 Å². The summed E-state index contributed by atoms with van der Waals surface area (Å²) in [5.41, 5.74) is 1.98. The third-order valence-corrected chi connectivity index (χ3v) is 6.00. The molecule has 1 saturated carbocycles. The van der Waals surface area contributed by atoms with E-state index in [2.05, 4.69) is 15.6 Å². The van der Waals surface area contributed by atoms with E-state index < -0.39 is 5.60 Å². The van der Waals surface area contributed by atoms with Crippen LogP contribution in [0.5, 0.6) is 5.75 Å². The summed E-state index contributed by atoms with van der Waals surface area (Å²) in [5.74, 6) is 0.239. The molecule has 186 valence electrons. The monoisotopic (exact) mass is 479 g/mol. The smallest absolute Gasteiger partial charge is 0.407 e. The van der Waals surface area contributed by atoms with Crippen molar-refractivity contribution in [1.82, 2.24) is 20.1 Å². The quantitative estimate of drug-likeness (QED) is 0.533. The van der Waals surface area contributed by atoms with Crippen LogP contribution in [0, 0.1) is 6.92 Å². The van der Waals surface area contributed by atoms with Crippen LogP contribution in [-0.2, 0) is 4.74 Å². The van der Waals surface area contributed by atoms with Gasteiger partial charge in [-0.2, -0.15) is 5.10 Å². The molecular weight excluding hydrogens is 446 g/mol. The maximum Gasteiger partial charge on any atom is 0.407 e. The topological polar surface area (TPSA) is 107 Å². The number of alkyl carbamates (subject to hydrolysis) is 1. The summed E-state index contributed by atoms with van der Waals surface area (Å²) in [6.45, 7) is 7.42. The highest BCUT2D eigenvalue weighted by Gasteiger charge is 2.26. The largest absolute Gasteiger partial charge is 0.494 e. The summed E-state index contributed by atoms with van der Waals surface area (Å²) in [6, 6.07) is 9.38. The van der Waals surface area contributed by atoms with Gasteiger partial charge < -0.3 is 20.1 Å². The van der Waals surface area contributed by atoms with Crippen molar-refractivity contribution in [2.24, 2.45) is 0 Å². The number of methoxy groups -OCH3 is 1. The van der Waals surface area contributed by atoms with Gasteiger partial charge in [-0.25, -0.2) is 9.78 Å². The number of aromatic nitrogens is 3. The molecule has 2 N–H and O–H groups in total. The predicted molar refractivity (Wildman–Crippen MR) is 134 cm³/mol. The first kappa shape index (κ1) is 24.5. The van der Waals surface area contributed by atoms with E-state index in [1.54, 1.807) is 19.2 Å². The molecule has 9 heteroatoms. The number of aryl methyl sites for hydroxylation is 1. The van der Waals surface area contributed by atoms with E-state index >= 15 is 0 Å². The summed E-state index contributed by atoms with van der Waals surface area (Å²) in [7, 11) is 1.57. The summed E-state index contributed by atoms with van der Waals surface area (Å²) in [6.07, 6.45) is 5.14. The molecule has 0 aliphatic heterocycles. The van der Waals surface area contributed by atoms with Gasteiger partial charge in [0.1, 0.15) is 17.0 Å². The number of rotatable bonds is 5. The number of hydrogen-bond donors (Lipinski definition) is 2. The lowest BCUT2D eigenvalue weighted by Gasteiger charge is -2.30. The molecule has 2 amide bonds. The molecule has 0 radical (unpaired) electrons. The lowest BCUT2D eigenvalue weighted by Crippen LogP contribution is -2.41. The number of carbonyl (C=O) groups is 2. The van der Waals surface area contributed by atoms with Crippen molar-refractivity contribution in [2.45, 2.75) is 71.1 Å². The molecule has 35 heavy (non-hydrogen) atoms. The van der Waals surface area contributed by atoms with Crippen molar-refractivity contribution in [3.63, 3.8) is 0 Å². The van der Waals surface area contributed by atoms with Gasteiger partial charge in [0.05, 0.1) is 24.4 Å². The Kier molecular flexibility index (Phi) is 6.95. The number of fused-ring (bicyclic) bond motifs is 1. The molecule has 1 fully saturated rings. The number of hydrogen-bond acceptors (Lipinski definition) is 6. The SMILES string of the molecule is COc1cc2nn([C@H]3CC[C@H](NC(=O)OC(C)(C)C)CC3)cc2cc1NC(=O)c1cccc(C)n1. The Morgan fingerprint density at radius 3 is 2.51 bits per heavy atom. The van der Waals surface area contributed by atoms with Gasteiger partial charge in [0.25, 0.3) is 5.91 Å². The van der Waals surface area contributed by atoms with Crippen molar-refractivity contribution < 1.29 is 19.1 Å². The molecule has 4 rings (SSSR count). The minimum absolute atomic E-state index is 0.100. The standard InChI is InChI=1S/C26H33N5O4/c1-16-7-6-8-20(27-16)24(32)29-22-13-17-15-31(30-21(17)14-23(22)34-5)19-11-9-18(10-12-19)28-25(33)35-26(2,3)4/h6-8,13-15,18-19H,9-12H2,1-5H3,(H,28,33)(H,29,32)/t18-,19-. The average molecular weight is 480 g/mol. The molecule has 0 bridgehead atoms. The highest BCUT2D eigenvalue weighted by Crippen LogP contribution is 2.33. The van der Waals surface area contributed by atoms with Crippen molar-refractivity contribution >= 4 is 28.6 Å². The minimum Gasteiger partial charge on any atom is -0.494 e.